The number of fused-ring (bicyclic) bond motifs is 1. The summed E-state index contributed by atoms with van der Waals surface area (Å²) < 4.78 is 11.3. The van der Waals surface area contributed by atoms with Crippen LogP contribution in [-0.4, -0.2) is 49.2 Å². The maximum absolute atomic E-state index is 13.5. The van der Waals surface area contributed by atoms with Gasteiger partial charge >= 0.3 is 0 Å². The molecule has 5 rings (SSSR count). The SMILES string of the molecule is CCOc1cc(C2/C(=C(\O)c3ccc4c(c3)CCCO4)C(=O)C(=O)N2c2ccc(N(C)C)cc2)ccc1O. The zero-order chi connectivity index (χ0) is 27.0. The molecule has 1 unspecified atom stereocenters. The third-order valence-corrected chi connectivity index (χ3v) is 6.87. The van der Waals surface area contributed by atoms with Gasteiger partial charge in [0, 0.05) is 31.0 Å². The van der Waals surface area contributed by atoms with Gasteiger partial charge in [0.25, 0.3) is 11.7 Å². The lowest BCUT2D eigenvalue weighted by Gasteiger charge is -2.26. The number of ketones is 1. The molecule has 1 amide bonds. The normalized spacial score (nSPS) is 18.2. The average molecular weight is 515 g/mol. The molecule has 1 saturated heterocycles. The zero-order valence-corrected chi connectivity index (χ0v) is 21.6. The van der Waals surface area contributed by atoms with Crippen LogP contribution in [-0.2, 0) is 16.0 Å². The van der Waals surface area contributed by atoms with Gasteiger partial charge in [-0.3, -0.25) is 14.5 Å². The van der Waals surface area contributed by atoms with Crippen molar-refractivity contribution in [3.8, 4) is 17.2 Å². The minimum absolute atomic E-state index is 0.0310. The van der Waals surface area contributed by atoms with E-state index in [-0.39, 0.29) is 22.8 Å². The Morgan fingerprint density at radius 2 is 1.84 bits per heavy atom. The number of aryl methyl sites for hydroxylation is 1. The molecule has 0 aromatic heterocycles. The highest BCUT2D eigenvalue weighted by atomic mass is 16.5. The fourth-order valence-corrected chi connectivity index (χ4v) is 4.96. The molecular weight excluding hydrogens is 484 g/mol. The molecule has 2 aliphatic heterocycles. The van der Waals surface area contributed by atoms with E-state index in [1.54, 1.807) is 43.3 Å². The number of Topliss-reactive ketones (excluding diaryl/α,β-unsaturated/α-hetero) is 1. The Morgan fingerprint density at radius 1 is 1.08 bits per heavy atom. The van der Waals surface area contributed by atoms with Gasteiger partial charge < -0.3 is 24.6 Å². The van der Waals surface area contributed by atoms with Crippen molar-refractivity contribution in [3.63, 3.8) is 0 Å². The number of rotatable bonds is 6. The van der Waals surface area contributed by atoms with Crippen molar-refractivity contribution in [3.05, 3.63) is 82.9 Å². The molecule has 3 aromatic carbocycles. The fraction of sp³-hybridized carbons (Fsp3) is 0.267. The van der Waals surface area contributed by atoms with Gasteiger partial charge in [0.2, 0.25) is 0 Å². The Kier molecular flexibility index (Phi) is 6.72. The maximum atomic E-state index is 13.5. The van der Waals surface area contributed by atoms with E-state index in [9.17, 15) is 19.8 Å². The van der Waals surface area contributed by atoms with Crippen LogP contribution in [0.1, 0.15) is 36.1 Å². The van der Waals surface area contributed by atoms with E-state index in [1.165, 1.54) is 11.0 Å². The number of amides is 1. The summed E-state index contributed by atoms with van der Waals surface area (Å²) in [6.45, 7) is 2.75. The number of nitrogens with zero attached hydrogens (tertiary/aromatic N) is 2. The Bertz CT molecular complexity index is 1430. The number of anilines is 2. The van der Waals surface area contributed by atoms with Crippen molar-refractivity contribution >= 4 is 28.8 Å². The van der Waals surface area contributed by atoms with Crippen molar-refractivity contribution in [2.45, 2.75) is 25.8 Å². The molecule has 0 spiro atoms. The van der Waals surface area contributed by atoms with Crippen molar-refractivity contribution in [1.82, 2.24) is 0 Å². The second-order valence-corrected chi connectivity index (χ2v) is 9.51. The average Bonchev–Trinajstić information content (AvgIpc) is 3.19. The summed E-state index contributed by atoms with van der Waals surface area (Å²) in [6.07, 6.45) is 1.65. The van der Waals surface area contributed by atoms with Gasteiger partial charge in [-0.05, 0) is 85.5 Å². The number of aliphatic hydroxyl groups excluding tert-OH is 1. The second-order valence-electron chi connectivity index (χ2n) is 9.51. The van der Waals surface area contributed by atoms with E-state index in [1.807, 2.05) is 37.2 Å². The first-order chi connectivity index (χ1) is 18.3. The second kappa shape index (κ2) is 10.1. The third-order valence-electron chi connectivity index (χ3n) is 6.87. The molecule has 8 heteroatoms. The Labute approximate surface area is 221 Å². The van der Waals surface area contributed by atoms with Crippen LogP contribution in [0.4, 0.5) is 11.4 Å². The Hall–Kier alpha value is -4.46. The molecule has 2 N–H and O–H groups in total. The molecule has 196 valence electrons. The number of aromatic hydroxyl groups is 1. The summed E-state index contributed by atoms with van der Waals surface area (Å²) in [5.41, 5.74) is 3.30. The summed E-state index contributed by atoms with van der Waals surface area (Å²) in [4.78, 5) is 30.3. The minimum atomic E-state index is -0.938. The summed E-state index contributed by atoms with van der Waals surface area (Å²) in [5.74, 6) is -0.876. The van der Waals surface area contributed by atoms with Crippen LogP contribution in [0.2, 0.25) is 0 Å². The van der Waals surface area contributed by atoms with Gasteiger partial charge in [0.1, 0.15) is 11.5 Å². The topological polar surface area (TPSA) is 99.5 Å². The number of phenols is 1. The largest absolute Gasteiger partial charge is 0.507 e. The molecule has 2 heterocycles. The van der Waals surface area contributed by atoms with E-state index in [0.29, 0.717) is 30.0 Å². The van der Waals surface area contributed by atoms with Gasteiger partial charge in [0.05, 0.1) is 24.8 Å². The lowest BCUT2D eigenvalue weighted by molar-refractivity contribution is -0.132. The molecule has 0 saturated carbocycles. The predicted octanol–water partition coefficient (Wildman–Crippen LogP) is 4.81. The van der Waals surface area contributed by atoms with Gasteiger partial charge in [-0.1, -0.05) is 6.07 Å². The molecular formula is C30H30N2O6. The van der Waals surface area contributed by atoms with Crippen LogP contribution in [0.5, 0.6) is 17.2 Å². The number of hydrogen-bond acceptors (Lipinski definition) is 7. The van der Waals surface area contributed by atoms with Crippen LogP contribution in [0, 0.1) is 0 Å². The Balaban J connectivity index is 1.69. The molecule has 1 fully saturated rings. The smallest absolute Gasteiger partial charge is 0.300 e. The summed E-state index contributed by atoms with van der Waals surface area (Å²) in [7, 11) is 3.83. The number of carbonyl (C=O) groups is 2. The lowest BCUT2D eigenvalue weighted by Crippen LogP contribution is -2.29. The number of phenolic OH excluding ortho intramolecular Hbond substituents is 1. The highest BCUT2D eigenvalue weighted by Gasteiger charge is 2.47. The highest BCUT2D eigenvalue weighted by Crippen LogP contribution is 2.44. The minimum Gasteiger partial charge on any atom is -0.507 e. The van der Waals surface area contributed by atoms with Crippen molar-refractivity contribution in [1.29, 1.82) is 0 Å². The molecule has 0 radical (unpaired) electrons. The molecule has 8 nitrogen and oxygen atoms in total. The standard InChI is InChI=1S/C30H30N2O6/c1-4-37-25-17-19(7-13-23(25)33)27-26(28(34)20-8-14-24-18(16-20)6-5-15-38-24)29(35)30(36)32(27)22-11-9-21(10-12-22)31(2)3/h7-14,16-17,27,33-34H,4-6,15H2,1-3H3/b28-26+. The number of benzene rings is 3. The van der Waals surface area contributed by atoms with E-state index in [0.717, 1.165) is 29.8 Å². The van der Waals surface area contributed by atoms with E-state index in [2.05, 4.69) is 0 Å². The monoisotopic (exact) mass is 514 g/mol. The van der Waals surface area contributed by atoms with E-state index in [4.69, 9.17) is 9.47 Å². The van der Waals surface area contributed by atoms with Gasteiger partial charge in [-0.2, -0.15) is 0 Å². The lowest BCUT2D eigenvalue weighted by atomic mass is 9.93. The molecule has 1 atom stereocenters. The zero-order valence-electron chi connectivity index (χ0n) is 21.6. The quantitative estimate of drug-likeness (QED) is 0.277. The van der Waals surface area contributed by atoms with Crippen LogP contribution in [0.15, 0.2) is 66.2 Å². The van der Waals surface area contributed by atoms with Crippen LogP contribution in [0.25, 0.3) is 5.76 Å². The molecule has 0 aliphatic carbocycles. The van der Waals surface area contributed by atoms with Crippen molar-refractivity contribution in [2.24, 2.45) is 0 Å². The molecule has 0 bridgehead atoms. The van der Waals surface area contributed by atoms with E-state index < -0.39 is 17.7 Å². The summed E-state index contributed by atoms with van der Waals surface area (Å²) >= 11 is 0. The molecule has 38 heavy (non-hydrogen) atoms. The predicted molar refractivity (Wildman–Crippen MR) is 145 cm³/mol. The highest BCUT2D eigenvalue weighted by molar-refractivity contribution is 6.51. The first-order valence-corrected chi connectivity index (χ1v) is 12.6. The van der Waals surface area contributed by atoms with Crippen molar-refractivity contribution < 1.29 is 29.3 Å². The maximum Gasteiger partial charge on any atom is 0.300 e. The number of carbonyl (C=O) groups excluding carboxylic acids is 2. The van der Waals surface area contributed by atoms with Crippen molar-refractivity contribution in [2.75, 3.05) is 37.1 Å². The van der Waals surface area contributed by atoms with E-state index >= 15 is 0 Å². The van der Waals surface area contributed by atoms with Crippen LogP contribution >= 0.6 is 0 Å². The van der Waals surface area contributed by atoms with Crippen LogP contribution in [0.3, 0.4) is 0 Å². The number of ether oxygens (including phenoxy) is 2. The first kappa shape index (κ1) is 25.2. The fourth-order valence-electron chi connectivity index (χ4n) is 4.96. The summed E-state index contributed by atoms with van der Waals surface area (Å²) in [5, 5.41) is 21.8. The first-order valence-electron chi connectivity index (χ1n) is 12.6. The Morgan fingerprint density at radius 3 is 2.55 bits per heavy atom. The third kappa shape index (κ3) is 4.42. The van der Waals surface area contributed by atoms with Gasteiger partial charge in [0.15, 0.2) is 11.5 Å². The molecule has 2 aliphatic rings. The van der Waals surface area contributed by atoms with Gasteiger partial charge in [-0.25, -0.2) is 0 Å². The number of aliphatic hydroxyl groups is 1. The van der Waals surface area contributed by atoms with Gasteiger partial charge in [-0.15, -0.1) is 0 Å². The van der Waals surface area contributed by atoms with Crippen LogP contribution < -0.4 is 19.3 Å². The summed E-state index contributed by atoms with van der Waals surface area (Å²) in [6, 6.07) is 16.3. The molecule has 3 aromatic rings. The number of hydrogen-bond donors (Lipinski definition) is 2.